The second-order valence-electron chi connectivity index (χ2n) is 4.60. The Morgan fingerprint density at radius 3 is 2.33 bits per heavy atom. The molecule has 12 heavy (non-hydrogen) atoms. The molecule has 0 aliphatic heterocycles. The summed E-state index contributed by atoms with van der Waals surface area (Å²) in [6, 6.07) is 0. The quantitative estimate of drug-likeness (QED) is 0.652. The Hall–Kier alpha value is -0.0400. The van der Waals surface area contributed by atoms with Gasteiger partial charge in [-0.2, -0.15) is 0 Å². The molecule has 0 saturated heterocycles. The standard InChI is InChI=1S/C11H23N/c1-12(2)10-6-9-11-7-4-3-5-8-11/h11H,3-10H2,1-2H3/p+1. The SMILES string of the molecule is C[NH+](C)CCCC1CCCCC1. The second kappa shape index (κ2) is 5.58. The van der Waals surface area contributed by atoms with E-state index in [0.29, 0.717) is 0 Å². The fourth-order valence-electron chi connectivity index (χ4n) is 2.22. The Morgan fingerprint density at radius 2 is 1.75 bits per heavy atom. The molecule has 1 rings (SSSR count). The Labute approximate surface area is 77.1 Å². The fourth-order valence-corrected chi connectivity index (χ4v) is 2.22. The lowest BCUT2D eigenvalue weighted by atomic mass is 9.86. The predicted molar refractivity (Wildman–Crippen MR) is 53.5 cm³/mol. The zero-order valence-electron chi connectivity index (χ0n) is 8.73. The van der Waals surface area contributed by atoms with E-state index in [0.717, 1.165) is 5.92 Å². The number of hydrogen-bond donors (Lipinski definition) is 1. The van der Waals surface area contributed by atoms with Crippen molar-refractivity contribution in [2.24, 2.45) is 5.92 Å². The normalized spacial score (nSPS) is 20.2. The highest BCUT2D eigenvalue weighted by molar-refractivity contribution is 4.65. The van der Waals surface area contributed by atoms with Gasteiger partial charge in [0.25, 0.3) is 0 Å². The largest absolute Gasteiger partial charge is 0.340 e. The summed E-state index contributed by atoms with van der Waals surface area (Å²) in [5.74, 6) is 1.08. The van der Waals surface area contributed by atoms with Crippen LogP contribution in [0.25, 0.3) is 0 Å². The van der Waals surface area contributed by atoms with Crippen LogP contribution in [-0.2, 0) is 0 Å². The lowest BCUT2D eigenvalue weighted by Gasteiger charge is -2.21. The fraction of sp³-hybridized carbons (Fsp3) is 1.00. The highest BCUT2D eigenvalue weighted by atomic mass is 15.0. The number of rotatable bonds is 4. The minimum atomic E-state index is 1.08. The van der Waals surface area contributed by atoms with E-state index in [1.807, 2.05) is 0 Å². The minimum Gasteiger partial charge on any atom is -0.340 e. The van der Waals surface area contributed by atoms with Gasteiger partial charge < -0.3 is 4.90 Å². The van der Waals surface area contributed by atoms with Crippen molar-refractivity contribution in [2.45, 2.75) is 44.9 Å². The Bertz CT molecular complexity index is 104. The van der Waals surface area contributed by atoms with Gasteiger partial charge in [0.2, 0.25) is 0 Å². The lowest BCUT2D eigenvalue weighted by molar-refractivity contribution is -0.858. The summed E-state index contributed by atoms with van der Waals surface area (Å²) in [4.78, 5) is 1.60. The third-order valence-electron chi connectivity index (χ3n) is 3.01. The van der Waals surface area contributed by atoms with E-state index in [-0.39, 0.29) is 0 Å². The summed E-state index contributed by atoms with van der Waals surface area (Å²) in [5.41, 5.74) is 0. The van der Waals surface area contributed by atoms with E-state index < -0.39 is 0 Å². The van der Waals surface area contributed by atoms with Crippen LogP contribution in [0.5, 0.6) is 0 Å². The highest BCUT2D eigenvalue weighted by Gasteiger charge is 2.12. The zero-order valence-corrected chi connectivity index (χ0v) is 8.73. The molecule has 0 unspecified atom stereocenters. The molecule has 1 nitrogen and oxygen atoms in total. The summed E-state index contributed by atoms with van der Waals surface area (Å²) >= 11 is 0. The molecule has 0 atom stereocenters. The molecular formula is C11H24N+. The smallest absolute Gasteiger partial charge is 0.0766 e. The van der Waals surface area contributed by atoms with Gasteiger partial charge in [0.15, 0.2) is 0 Å². The van der Waals surface area contributed by atoms with Crippen molar-refractivity contribution in [1.29, 1.82) is 0 Å². The highest BCUT2D eigenvalue weighted by Crippen LogP contribution is 2.26. The Morgan fingerprint density at radius 1 is 1.08 bits per heavy atom. The van der Waals surface area contributed by atoms with Gasteiger partial charge in [-0.15, -0.1) is 0 Å². The van der Waals surface area contributed by atoms with E-state index in [4.69, 9.17) is 0 Å². The summed E-state index contributed by atoms with van der Waals surface area (Å²) in [6.45, 7) is 1.36. The summed E-state index contributed by atoms with van der Waals surface area (Å²) in [7, 11) is 4.50. The third-order valence-corrected chi connectivity index (χ3v) is 3.01. The van der Waals surface area contributed by atoms with Crippen molar-refractivity contribution in [3.8, 4) is 0 Å². The number of quaternary nitrogens is 1. The monoisotopic (exact) mass is 170 g/mol. The van der Waals surface area contributed by atoms with Crippen LogP contribution in [0, 0.1) is 5.92 Å². The number of hydrogen-bond acceptors (Lipinski definition) is 0. The summed E-state index contributed by atoms with van der Waals surface area (Å²) in [6.07, 6.45) is 10.5. The van der Waals surface area contributed by atoms with Gasteiger partial charge in [-0.25, -0.2) is 0 Å². The molecule has 1 heteroatoms. The van der Waals surface area contributed by atoms with Crippen molar-refractivity contribution in [3.63, 3.8) is 0 Å². The van der Waals surface area contributed by atoms with Gasteiger partial charge in [-0.1, -0.05) is 32.1 Å². The van der Waals surface area contributed by atoms with Crippen LogP contribution in [0.3, 0.4) is 0 Å². The summed E-state index contributed by atoms with van der Waals surface area (Å²) in [5, 5.41) is 0. The van der Waals surface area contributed by atoms with Gasteiger partial charge in [0.05, 0.1) is 20.6 Å². The molecular weight excluding hydrogens is 146 g/mol. The average Bonchev–Trinajstić information content (AvgIpc) is 2.05. The van der Waals surface area contributed by atoms with Gasteiger partial charge >= 0.3 is 0 Å². The van der Waals surface area contributed by atoms with Crippen LogP contribution in [0.4, 0.5) is 0 Å². The Kier molecular flexibility index (Phi) is 4.67. The Balaban J connectivity index is 1.98. The molecule has 1 aliphatic carbocycles. The molecule has 0 bridgehead atoms. The first-order chi connectivity index (χ1) is 5.79. The van der Waals surface area contributed by atoms with Crippen molar-refractivity contribution in [1.82, 2.24) is 0 Å². The summed E-state index contributed by atoms with van der Waals surface area (Å²) < 4.78 is 0. The third kappa shape index (κ3) is 4.10. The molecule has 0 spiro atoms. The molecule has 1 fully saturated rings. The maximum absolute atomic E-state index is 2.25. The topological polar surface area (TPSA) is 4.44 Å². The predicted octanol–water partition coefficient (Wildman–Crippen LogP) is 1.49. The van der Waals surface area contributed by atoms with Crippen molar-refractivity contribution >= 4 is 0 Å². The molecule has 0 radical (unpaired) electrons. The van der Waals surface area contributed by atoms with E-state index in [1.54, 1.807) is 4.90 Å². The van der Waals surface area contributed by atoms with E-state index in [1.165, 1.54) is 51.5 Å². The first kappa shape index (κ1) is 10.0. The van der Waals surface area contributed by atoms with Crippen LogP contribution < -0.4 is 4.90 Å². The molecule has 0 aromatic carbocycles. The lowest BCUT2D eigenvalue weighted by Crippen LogP contribution is -3.05. The molecule has 0 amide bonds. The zero-order chi connectivity index (χ0) is 8.81. The first-order valence-electron chi connectivity index (χ1n) is 5.58. The van der Waals surface area contributed by atoms with Crippen LogP contribution in [0.1, 0.15) is 44.9 Å². The molecule has 0 heterocycles. The molecule has 0 aromatic rings. The van der Waals surface area contributed by atoms with Gasteiger partial charge in [0, 0.05) is 0 Å². The molecule has 1 N–H and O–H groups in total. The average molecular weight is 170 g/mol. The second-order valence-corrected chi connectivity index (χ2v) is 4.60. The molecule has 0 aromatic heterocycles. The van der Waals surface area contributed by atoms with Crippen LogP contribution in [0.15, 0.2) is 0 Å². The van der Waals surface area contributed by atoms with Gasteiger partial charge in [-0.3, -0.25) is 0 Å². The van der Waals surface area contributed by atoms with Gasteiger partial charge in [-0.05, 0) is 18.8 Å². The minimum absolute atomic E-state index is 1.08. The van der Waals surface area contributed by atoms with E-state index in [9.17, 15) is 0 Å². The van der Waals surface area contributed by atoms with Crippen molar-refractivity contribution in [2.75, 3.05) is 20.6 Å². The van der Waals surface area contributed by atoms with E-state index >= 15 is 0 Å². The number of nitrogens with one attached hydrogen (secondary N) is 1. The molecule has 1 saturated carbocycles. The van der Waals surface area contributed by atoms with Gasteiger partial charge in [0.1, 0.15) is 0 Å². The molecule has 1 aliphatic rings. The maximum Gasteiger partial charge on any atom is 0.0766 e. The van der Waals surface area contributed by atoms with Crippen molar-refractivity contribution in [3.05, 3.63) is 0 Å². The molecule has 72 valence electrons. The van der Waals surface area contributed by atoms with Crippen LogP contribution in [-0.4, -0.2) is 20.6 Å². The van der Waals surface area contributed by atoms with Crippen LogP contribution in [0.2, 0.25) is 0 Å². The van der Waals surface area contributed by atoms with Crippen molar-refractivity contribution < 1.29 is 4.90 Å². The van der Waals surface area contributed by atoms with Crippen LogP contribution >= 0.6 is 0 Å². The maximum atomic E-state index is 2.25. The van der Waals surface area contributed by atoms with E-state index in [2.05, 4.69) is 14.1 Å². The first-order valence-corrected chi connectivity index (χ1v) is 5.58.